The molecule has 1 saturated heterocycles. The number of halogens is 1. The third-order valence-corrected chi connectivity index (χ3v) is 5.17. The fraction of sp³-hybridized carbons (Fsp3) is 0.409. The molecule has 0 aromatic heterocycles. The molecular weight excluding hydrogens is 327 g/mol. The Balaban J connectivity index is 1.63. The van der Waals surface area contributed by atoms with Gasteiger partial charge in [0.2, 0.25) is 5.91 Å². The van der Waals surface area contributed by atoms with Gasteiger partial charge in [0, 0.05) is 25.7 Å². The lowest BCUT2D eigenvalue weighted by Crippen LogP contribution is -2.42. The number of hydrogen-bond donors (Lipinski definition) is 0. The van der Waals surface area contributed by atoms with Crippen LogP contribution in [0.4, 0.5) is 4.39 Å². The maximum absolute atomic E-state index is 13.1. The molecule has 4 heteroatoms. The van der Waals surface area contributed by atoms with Crippen LogP contribution in [0.5, 0.6) is 0 Å². The average molecular weight is 354 g/mol. The molecule has 1 amide bonds. The van der Waals surface area contributed by atoms with E-state index in [-0.39, 0.29) is 17.8 Å². The third kappa shape index (κ3) is 4.92. The van der Waals surface area contributed by atoms with Crippen molar-refractivity contribution in [1.82, 2.24) is 9.80 Å². The molecule has 0 bridgehead atoms. The van der Waals surface area contributed by atoms with Crippen LogP contribution in [0.15, 0.2) is 54.6 Å². The summed E-state index contributed by atoms with van der Waals surface area (Å²) in [6, 6.07) is 17.2. The van der Waals surface area contributed by atoms with Crippen LogP contribution in [0, 0.1) is 5.82 Å². The van der Waals surface area contributed by atoms with Crippen molar-refractivity contribution >= 4 is 5.91 Å². The van der Waals surface area contributed by atoms with Gasteiger partial charge in [-0.25, -0.2) is 4.39 Å². The summed E-state index contributed by atoms with van der Waals surface area (Å²) >= 11 is 0. The molecule has 1 unspecified atom stereocenters. The topological polar surface area (TPSA) is 23.6 Å². The molecule has 2 aromatic rings. The van der Waals surface area contributed by atoms with Crippen LogP contribution in [0.25, 0.3) is 0 Å². The van der Waals surface area contributed by atoms with Gasteiger partial charge in [-0.15, -0.1) is 0 Å². The summed E-state index contributed by atoms with van der Waals surface area (Å²) < 4.78 is 13.1. The SMILES string of the molecule is CCC1CCN(Cc2ccccc2)CC(=O)N1CCc1ccc(F)cc1. The van der Waals surface area contributed by atoms with Crippen molar-refractivity contribution in [2.24, 2.45) is 0 Å². The number of carbonyl (C=O) groups is 1. The van der Waals surface area contributed by atoms with Gasteiger partial charge < -0.3 is 4.90 Å². The van der Waals surface area contributed by atoms with Crippen LogP contribution in [0.1, 0.15) is 30.9 Å². The molecule has 0 radical (unpaired) electrons. The number of amides is 1. The van der Waals surface area contributed by atoms with E-state index in [1.807, 2.05) is 23.1 Å². The van der Waals surface area contributed by atoms with Gasteiger partial charge in [-0.05, 0) is 42.5 Å². The zero-order chi connectivity index (χ0) is 18.4. The maximum Gasteiger partial charge on any atom is 0.237 e. The Morgan fingerprint density at radius 2 is 1.77 bits per heavy atom. The van der Waals surface area contributed by atoms with Crippen molar-refractivity contribution in [2.75, 3.05) is 19.6 Å². The van der Waals surface area contributed by atoms with Crippen LogP contribution in [0.2, 0.25) is 0 Å². The standard InChI is InChI=1S/C22H27FN2O/c1-2-21-13-14-24(16-19-6-4-3-5-7-19)17-22(26)25(21)15-12-18-8-10-20(23)11-9-18/h3-11,21H,2,12-17H2,1H3. The summed E-state index contributed by atoms with van der Waals surface area (Å²) in [6.45, 7) is 5.06. The summed E-state index contributed by atoms with van der Waals surface area (Å²) in [6.07, 6.45) is 2.73. The second-order valence-corrected chi connectivity index (χ2v) is 7.01. The van der Waals surface area contributed by atoms with Gasteiger partial charge in [0.05, 0.1) is 6.54 Å². The Labute approximate surface area is 155 Å². The van der Waals surface area contributed by atoms with Gasteiger partial charge in [0.15, 0.2) is 0 Å². The van der Waals surface area contributed by atoms with Crippen LogP contribution in [0.3, 0.4) is 0 Å². The Bertz CT molecular complexity index is 702. The van der Waals surface area contributed by atoms with Gasteiger partial charge in [-0.3, -0.25) is 9.69 Å². The molecule has 3 rings (SSSR count). The molecule has 1 fully saturated rings. The van der Waals surface area contributed by atoms with E-state index in [4.69, 9.17) is 0 Å². The van der Waals surface area contributed by atoms with E-state index in [1.54, 1.807) is 12.1 Å². The lowest BCUT2D eigenvalue weighted by molar-refractivity contribution is -0.133. The summed E-state index contributed by atoms with van der Waals surface area (Å²) in [5.41, 5.74) is 2.31. The first kappa shape index (κ1) is 18.6. The Morgan fingerprint density at radius 3 is 2.46 bits per heavy atom. The van der Waals surface area contributed by atoms with E-state index in [9.17, 15) is 9.18 Å². The van der Waals surface area contributed by atoms with Crippen LogP contribution >= 0.6 is 0 Å². The Morgan fingerprint density at radius 1 is 1.04 bits per heavy atom. The zero-order valence-corrected chi connectivity index (χ0v) is 15.4. The lowest BCUT2D eigenvalue weighted by atomic mass is 10.1. The summed E-state index contributed by atoms with van der Waals surface area (Å²) in [5, 5.41) is 0. The van der Waals surface area contributed by atoms with Gasteiger partial charge in [-0.2, -0.15) is 0 Å². The predicted molar refractivity (Wildman–Crippen MR) is 102 cm³/mol. The highest BCUT2D eigenvalue weighted by atomic mass is 19.1. The molecule has 26 heavy (non-hydrogen) atoms. The van der Waals surface area contributed by atoms with Gasteiger partial charge in [0.1, 0.15) is 5.82 Å². The first-order valence-corrected chi connectivity index (χ1v) is 9.46. The molecule has 1 aliphatic heterocycles. The van der Waals surface area contributed by atoms with Gasteiger partial charge in [0.25, 0.3) is 0 Å². The van der Waals surface area contributed by atoms with Gasteiger partial charge in [-0.1, -0.05) is 49.4 Å². The van der Waals surface area contributed by atoms with E-state index < -0.39 is 0 Å². The summed E-state index contributed by atoms with van der Waals surface area (Å²) in [7, 11) is 0. The average Bonchev–Trinajstić information content (AvgIpc) is 2.80. The predicted octanol–water partition coefficient (Wildman–Crippen LogP) is 3.88. The fourth-order valence-electron chi connectivity index (χ4n) is 3.66. The zero-order valence-electron chi connectivity index (χ0n) is 15.4. The maximum atomic E-state index is 13.1. The number of carbonyl (C=O) groups excluding carboxylic acids is 1. The number of hydrogen-bond acceptors (Lipinski definition) is 2. The van der Waals surface area contributed by atoms with Crippen LogP contribution < -0.4 is 0 Å². The number of rotatable bonds is 6. The largest absolute Gasteiger partial charge is 0.338 e. The van der Waals surface area contributed by atoms with Crippen molar-refractivity contribution in [3.05, 3.63) is 71.5 Å². The quantitative estimate of drug-likeness (QED) is 0.786. The van der Waals surface area contributed by atoms with E-state index in [1.165, 1.54) is 17.7 Å². The van der Waals surface area contributed by atoms with Crippen molar-refractivity contribution in [2.45, 2.75) is 38.8 Å². The second kappa shape index (κ2) is 8.95. The highest BCUT2D eigenvalue weighted by molar-refractivity contribution is 5.79. The molecule has 2 aromatic carbocycles. The lowest BCUT2D eigenvalue weighted by Gasteiger charge is -2.29. The molecule has 138 valence electrons. The minimum Gasteiger partial charge on any atom is -0.338 e. The van der Waals surface area contributed by atoms with Crippen molar-refractivity contribution in [3.63, 3.8) is 0 Å². The monoisotopic (exact) mass is 354 g/mol. The molecule has 0 saturated carbocycles. The minimum absolute atomic E-state index is 0.201. The molecule has 1 aliphatic rings. The number of benzene rings is 2. The number of nitrogens with zero attached hydrogens (tertiary/aromatic N) is 2. The first-order valence-electron chi connectivity index (χ1n) is 9.46. The summed E-state index contributed by atoms with van der Waals surface area (Å²) in [4.78, 5) is 17.2. The highest BCUT2D eigenvalue weighted by Gasteiger charge is 2.28. The Hall–Kier alpha value is -2.20. The van der Waals surface area contributed by atoms with Crippen LogP contribution in [-0.2, 0) is 17.8 Å². The normalized spacial score (nSPS) is 18.8. The highest BCUT2D eigenvalue weighted by Crippen LogP contribution is 2.18. The first-order chi connectivity index (χ1) is 12.7. The van der Waals surface area contributed by atoms with E-state index >= 15 is 0 Å². The van der Waals surface area contributed by atoms with E-state index in [0.717, 1.165) is 37.9 Å². The van der Waals surface area contributed by atoms with Crippen molar-refractivity contribution in [1.29, 1.82) is 0 Å². The Kier molecular flexibility index (Phi) is 6.40. The van der Waals surface area contributed by atoms with E-state index in [0.29, 0.717) is 13.1 Å². The summed E-state index contributed by atoms with van der Waals surface area (Å²) in [5.74, 6) is -0.0185. The minimum atomic E-state index is -0.220. The fourth-order valence-corrected chi connectivity index (χ4v) is 3.66. The van der Waals surface area contributed by atoms with E-state index in [2.05, 4.69) is 24.0 Å². The molecule has 3 nitrogen and oxygen atoms in total. The molecule has 1 heterocycles. The molecule has 0 N–H and O–H groups in total. The third-order valence-electron chi connectivity index (χ3n) is 5.17. The molecular formula is C22H27FN2O. The van der Waals surface area contributed by atoms with Crippen LogP contribution in [-0.4, -0.2) is 41.4 Å². The van der Waals surface area contributed by atoms with Gasteiger partial charge >= 0.3 is 0 Å². The van der Waals surface area contributed by atoms with Crippen molar-refractivity contribution in [3.8, 4) is 0 Å². The molecule has 1 atom stereocenters. The second-order valence-electron chi connectivity index (χ2n) is 7.01. The molecule has 0 spiro atoms. The molecule has 0 aliphatic carbocycles. The van der Waals surface area contributed by atoms with Crippen molar-refractivity contribution < 1.29 is 9.18 Å². The smallest absolute Gasteiger partial charge is 0.237 e.